The lowest BCUT2D eigenvalue weighted by Crippen LogP contribution is -2.20. The van der Waals surface area contributed by atoms with Gasteiger partial charge >= 0.3 is 0 Å². The zero-order chi connectivity index (χ0) is 17.9. The summed E-state index contributed by atoms with van der Waals surface area (Å²) < 4.78 is 5.11. The standard InChI is InChI=1S/C18H22N2O3S/c1-10(2)16(21)20-18-15(11(3)12(4)24-18)17(22)19-13-6-8-14(23-5)9-7-13/h6-10H,1-5H3,(H,19,22)(H,20,21). The van der Waals surface area contributed by atoms with Crippen LogP contribution in [0.5, 0.6) is 5.75 Å². The number of ether oxygens (including phenoxy) is 1. The van der Waals surface area contributed by atoms with Crippen LogP contribution in [0, 0.1) is 19.8 Å². The minimum absolute atomic E-state index is 0.102. The number of carbonyl (C=O) groups excluding carboxylic acids is 2. The molecule has 5 nitrogen and oxygen atoms in total. The molecule has 0 aliphatic heterocycles. The van der Waals surface area contributed by atoms with E-state index in [1.165, 1.54) is 11.3 Å². The molecule has 0 unspecified atom stereocenters. The number of methoxy groups -OCH3 is 1. The van der Waals surface area contributed by atoms with Crippen molar-refractivity contribution >= 4 is 33.8 Å². The zero-order valence-electron chi connectivity index (χ0n) is 14.5. The van der Waals surface area contributed by atoms with E-state index < -0.39 is 0 Å². The molecule has 2 N–H and O–H groups in total. The lowest BCUT2D eigenvalue weighted by Gasteiger charge is -2.10. The van der Waals surface area contributed by atoms with Gasteiger partial charge in [0.05, 0.1) is 12.7 Å². The van der Waals surface area contributed by atoms with Crippen molar-refractivity contribution in [1.82, 2.24) is 0 Å². The molecule has 0 saturated carbocycles. The average Bonchev–Trinajstić information content (AvgIpc) is 2.82. The molecule has 6 heteroatoms. The molecule has 24 heavy (non-hydrogen) atoms. The maximum atomic E-state index is 12.7. The highest BCUT2D eigenvalue weighted by atomic mass is 32.1. The van der Waals surface area contributed by atoms with Crippen LogP contribution in [0.2, 0.25) is 0 Å². The number of thiophene rings is 1. The first-order valence-electron chi connectivity index (χ1n) is 7.69. The van der Waals surface area contributed by atoms with Crippen molar-refractivity contribution in [3.05, 3.63) is 40.3 Å². The lowest BCUT2D eigenvalue weighted by molar-refractivity contribution is -0.118. The minimum Gasteiger partial charge on any atom is -0.497 e. The van der Waals surface area contributed by atoms with Crippen LogP contribution in [0.1, 0.15) is 34.6 Å². The van der Waals surface area contributed by atoms with Crippen LogP contribution < -0.4 is 15.4 Å². The third kappa shape index (κ3) is 3.94. The number of carbonyl (C=O) groups is 2. The van der Waals surface area contributed by atoms with Gasteiger partial charge in [0.1, 0.15) is 10.8 Å². The quantitative estimate of drug-likeness (QED) is 0.852. The lowest BCUT2D eigenvalue weighted by atomic mass is 10.1. The third-order valence-electron chi connectivity index (χ3n) is 3.72. The minimum atomic E-state index is -0.235. The van der Waals surface area contributed by atoms with E-state index in [0.29, 0.717) is 16.3 Å². The molecule has 1 heterocycles. The van der Waals surface area contributed by atoms with Crippen LogP contribution in [0.4, 0.5) is 10.7 Å². The first kappa shape index (κ1) is 18.0. The fourth-order valence-corrected chi connectivity index (χ4v) is 3.17. The van der Waals surface area contributed by atoms with Crippen LogP contribution in [0.15, 0.2) is 24.3 Å². The van der Waals surface area contributed by atoms with Gasteiger partial charge in [0.15, 0.2) is 0 Å². The van der Waals surface area contributed by atoms with Crippen molar-refractivity contribution in [2.75, 3.05) is 17.7 Å². The van der Waals surface area contributed by atoms with Crippen molar-refractivity contribution in [3.8, 4) is 5.75 Å². The summed E-state index contributed by atoms with van der Waals surface area (Å²) in [6, 6.07) is 7.11. The highest BCUT2D eigenvalue weighted by Crippen LogP contribution is 2.33. The number of amides is 2. The predicted octanol–water partition coefficient (Wildman–Crippen LogP) is 4.22. The van der Waals surface area contributed by atoms with E-state index in [9.17, 15) is 9.59 Å². The molecule has 0 saturated heterocycles. The number of aryl methyl sites for hydroxylation is 1. The second-order valence-electron chi connectivity index (χ2n) is 5.81. The van der Waals surface area contributed by atoms with E-state index in [1.807, 2.05) is 27.7 Å². The molecular formula is C18H22N2O3S. The van der Waals surface area contributed by atoms with Gasteiger partial charge in [-0.15, -0.1) is 11.3 Å². The number of benzene rings is 1. The van der Waals surface area contributed by atoms with E-state index in [1.54, 1.807) is 31.4 Å². The predicted molar refractivity (Wildman–Crippen MR) is 98.2 cm³/mol. The normalized spacial score (nSPS) is 10.6. The molecule has 2 amide bonds. The maximum absolute atomic E-state index is 12.7. The van der Waals surface area contributed by atoms with Crippen molar-refractivity contribution in [3.63, 3.8) is 0 Å². The Morgan fingerprint density at radius 2 is 1.71 bits per heavy atom. The number of hydrogen-bond acceptors (Lipinski definition) is 4. The summed E-state index contributed by atoms with van der Waals surface area (Å²) in [7, 11) is 1.59. The Balaban J connectivity index is 2.25. The molecule has 0 fully saturated rings. The summed E-state index contributed by atoms with van der Waals surface area (Å²) >= 11 is 1.42. The second kappa shape index (κ2) is 7.49. The van der Waals surface area contributed by atoms with Crippen molar-refractivity contribution < 1.29 is 14.3 Å². The zero-order valence-corrected chi connectivity index (χ0v) is 15.3. The van der Waals surface area contributed by atoms with E-state index in [0.717, 1.165) is 16.2 Å². The summed E-state index contributed by atoms with van der Waals surface area (Å²) in [4.78, 5) is 25.7. The molecule has 2 aromatic rings. The van der Waals surface area contributed by atoms with Crippen LogP contribution in [0.25, 0.3) is 0 Å². The Bertz CT molecular complexity index is 748. The molecule has 0 spiro atoms. The first-order chi connectivity index (χ1) is 11.3. The van der Waals surface area contributed by atoms with E-state index in [4.69, 9.17) is 4.74 Å². The number of nitrogens with one attached hydrogen (secondary N) is 2. The Hall–Kier alpha value is -2.34. The molecule has 2 rings (SSSR count). The van der Waals surface area contributed by atoms with Crippen molar-refractivity contribution in [2.24, 2.45) is 5.92 Å². The van der Waals surface area contributed by atoms with Gasteiger partial charge < -0.3 is 15.4 Å². The monoisotopic (exact) mass is 346 g/mol. The third-order valence-corrected chi connectivity index (χ3v) is 4.84. The summed E-state index contributed by atoms with van der Waals surface area (Å²) in [5.74, 6) is 0.237. The maximum Gasteiger partial charge on any atom is 0.258 e. The van der Waals surface area contributed by atoms with Gasteiger partial charge in [-0.2, -0.15) is 0 Å². The van der Waals surface area contributed by atoms with Gasteiger partial charge in [-0.05, 0) is 43.7 Å². The molecule has 0 aliphatic rings. The average molecular weight is 346 g/mol. The Morgan fingerprint density at radius 1 is 1.08 bits per heavy atom. The fourth-order valence-electron chi connectivity index (χ4n) is 2.11. The van der Waals surface area contributed by atoms with Crippen LogP contribution in [0.3, 0.4) is 0 Å². The van der Waals surface area contributed by atoms with Gasteiger partial charge in [0.2, 0.25) is 5.91 Å². The number of anilines is 2. The topological polar surface area (TPSA) is 67.4 Å². The SMILES string of the molecule is COc1ccc(NC(=O)c2c(NC(=O)C(C)C)sc(C)c2C)cc1. The van der Waals surface area contributed by atoms with Gasteiger partial charge in [0.25, 0.3) is 5.91 Å². The Kier molecular flexibility index (Phi) is 5.62. The molecule has 0 bridgehead atoms. The first-order valence-corrected chi connectivity index (χ1v) is 8.51. The van der Waals surface area contributed by atoms with Crippen molar-refractivity contribution in [1.29, 1.82) is 0 Å². The highest BCUT2D eigenvalue weighted by Gasteiger charge is 2.22. The number of hydrogen-bond donors (Lipinski definition) is 2. The fraction of sp³-hybridized carbons (Fsp3) is 0.333. The molecule has 0 atom stereocenters. The highest BCUT2D eigenvalue weighted by molar-refractivity contribution is 7.16. The molecular weight excluding hydrogens is 324 g/mol. The Labute approximate surface area is 146 Å². The molecule has 1 aromatic heterocycles. The van der Waals surface area contributed by atoms with Gasteiger partial charge in [-0.3, -0.25) is 9.59 Å². The van der Waals surface area contributed by atoms with Crippen LogP contribution in [-0.4, -0.2) is 18.9 Å². The number of rotatable bonds is 5. The van der Waals surface area contributed by atoms with Gasteiger partial charge in [-0.25, -0.2) is 0 Å². The largest absolute Gasteiger partial charge is 0.497 e. The molecule has 0 aliphatic carbocycles. The molecule has 0 radical (unpaired) electrons. The van der Waals surface area contributed by atoms with Gasteiger partial charge in [-0.1, -0.05) is 13.8 Å². The van der Waals surface area contributed by atoms with E-state index >= 15 is 0 Å². The molecule has 1 aromatic carbocycles. The van der Waals surface area contributed by atoms with Gasteiger partial charge in [0, 0.05) is 16.5 Å². The van der Waals surface area contributed by atoms with Crippen molar-refractivity contribution in [2.45, 2.75) is 27.7 Å². The summed E-state index contributed by atoms with van der Waals surface area (Å²) in [6.45, 7) is 7.47. The second-order valence-corrected chi connectivity index (χ2v) is 7.04. The molecule has 128 valence electrons. The van der Waals surface area contributed by atoms with E-state index in [-0.39, 0.29) is 17.7 Å². The summed E-state index contributed by atoms with van der Waals surface area (Å²) in [5, 5.41) is 6.32. The smallest absolute Gasteiger partial charge is 0.258 e. The summed E-state index contributed by atoms with van der Waals surface area (Å²) in [6.07, 6.45) is 0. The summed E-state index contributed by atoms with van der Waals surface area (Å²) in [5.41, 5.74) is 2.07. The Morgan fingerprint density at radius 3 is 2.25 bits per heavy atom. The van der Waals surface area contributed by atoms with E-state index in [2.05, 4.69) is 10.6 Å². The van der Waals surface area contributed by atoms with Crippen LogP contribution in [-0.2, 0) is 4.79 Å². The van der Waals surface area contributed by atoms with Crippen LogP contribution >= 0.6 is 11.3 Å².